The molecule has 3 N–H and O–H groups in total. The number of rotatable bonds is 2. The van der Waals surface area contributed by atoms with Crippen LogP contribution < -0.4 is 11.4 Å². The molecule has 1 aromatic rings. The molecular formula is C8H11FIN3O3S. The molecule has 0 bridgehead atoms. The van der Waals surface area contributed by atoms with Crippen LogP contribution in [0.4, 0.5) is 10.2 Å². The fourth-order valence-electron chi connectivity index (χ4n) is 1.26. The number of aliphatic hydroxyl groups excluding tert-OH is 1. The van der Waals surface area contributed by atoms with Gasteiger partial charge in [-0.15, -0.1) is 0 Å². The van der Waals surface area contributed by atoms with Crippen LogP contribution >= 0.6 is 32.3 Å². The van der Waals surface area contributed by atoms with Crippen LogP contribution in [-0.4, -0.2) is 28.2 Å². The van der Waals surface area contributed by atoms with Gasteiger partial charge in [0, 0.05) is 0 Å². The third kappa shape index (κ3) is 2.56. The standard InChI is InChI=1S/C8H11FIN3O3S/c1-4-10(16-6(3-14)17-4)13-2-5(9)7(11)12-8(13)15/h2,4,6,14H,3H2,1H3,(H2,11,12,15)/t4-,6?/m0/s1. The number of halogens is 2. The van der Waals surface area contributed by atoms with E-state index in [1.54, 1.807) is 0 Å². The van der Waals surface area contributed by atoms with E-state index in [1.165, 1.54) is 14.5 Å². The van der Waals surface area contributed by atoms with Crippen LogP contribution in [0.15, 0.2) is 11.0 Å². The van der Waals surface area contributed by atoms with Crippen LogP contribution in [0.2, 0.25) is 0 Å². The molecule has 1 fully saturated rings. The Morgan fingerprint density at radius 1 is 1.82 bits per heavy atom. The Morgan fingerprint density at radius 2 is 2.53 bits per heavy atom. The van der Waals surface area contributed by atoms with Gasteiger partial charge in [-0.05, 0) is 0 Å². The second-order valence-electron chi connectivity index (χ2n) is 3.20. The number of nitrogens with two attached hydrogens (primary N) is 1. The molecule has 2 atom stereocenters. The Hall–Kier alpha value is -0.390. The summed E-state index contributed by atoms with van der Waals surface area (Å²) >= 11 is -0.897. The maximum atomic E-state index is 13.3. The van der Waals surface area contributed by atoms with E-state index in [1.807, 2.05) is 6.92 Å². The Bertz CT molecular complexity index is 486. The third-order valence-corrected chi connectivity index (χ3v) is 9.52. The van der Waals surface area contributed by atoms with Crippen molar-refractivity contribution >= 4 is 38.1 Å². The van der Waals surface area contributed by atoms with E-state index in [0.29, 0.717) is 0 Å². The molecule has 0 aromatic carbocycles. The van der Waals surface area contributed by atoms with Crippen molar-refractivity contribution in [3.63, 3.8) is 0 Å². The van der Waals surface area contributed by atoms with Crippen molar-refractivity contribution in [3.05, 3.63) is 22.5 Å². The van der Waals surface area contributed by atoms with Crippen LogP contribution in [0.3, 0.4) is 0 Å². The number of hydrogen-bond donors (Lipinski definition) is 2. The van der Waals surface area contributed by atoms with Crippen molar-refractivity contribution < 1.29 is 12.6 Å². The van der Waals surface area contributed by atoms with Crippen molar-refractivity contribution in [2.75, 3.05) is 12.3 Å². The minimum absolute atomic E-state index is 0.0684. The number of aliphatic hydroxyl groups is 1. The van der Waals surface area contributed by atoms with Crippen molar-refractivity contribution in [1.82, 2.24) is 7.76 Å². The molecule has 2 heterocycles. The van der Waals surface area contributed by atoms with Gasteiger partial charge in [0.1, 0.15) is 0 Å². The molecule has 1 unspecified atom stereocenters. The second kappa shape index (κ2) is 5.08. The molecule has 1 saturated heterocycles. The van der Waals surface area contributed by atoms with Crippen LogP contribution in [0.25, 0.3) is 0 Å². The number of alkyl halides is 1. The van der Waals surface area contributed by atoms with Gasteiger partial charge in [-0.25, -0.2) is 0 Å². The molecule has 96 valence electrons. The van der Waals surface area contributed by atoms with Gasteiger partial charge in [-0.2, -0.15) is 0 Å². The maximum absolute atomic E-state index is 13.3. The summed E-state index contributed by atoms with van der Waals surface area (Å²) in [6.45, 7) is 1.77. The average Bonchev–Trinajstić information content (AvgIpc) is 2.65. The van der Waals surface area contributed by atoms with Gasteiger partial charge < -0.3 is 0 Å². The van der Waals surface area contributed by atoms with E-state index >= 15 is 0 Å². The summed E-state index contributed by atoms with van der Waals surface area (Å²) < 4.78 is 20.1. The molecule has 0 spiro atoms. The van der Waals surface area contributed by atoms with Gasteiger partial charge in [0.05, 0.1) is 0 Å². The number of aromatic nitrogens is 2. The molecule has 1 aliphatic rings. The van der Waals surface area contributed by atoms with Gasteiger partial charge in [0.2, 0.25) is 0 Å². The normalized spacial score (nSPS) is 26.4. The minimum atomic E-state index is -2.34. The molecule has 9 heteroatoms. The Kier molecular flexibility index (Phi) is 3.90. The summed E-state index contributed by atoms with van der Waals surface area (Å²) in [7, 11) is 0. The van der Waals surface area contributed by atoms with Crippen LogP contribution in [0.5, 0.6) is 0 Å². The summed E-state index contributed by atoms with van der Waals surface area (Å²) in [6, 6.07) is 0. The van der Waals surface area contributed by atoms with Crippen LogP contribution in [0.1, 0.15) is 6.92 Å². The first-order valence-corrected chi connectivity index (χ1v) is 8.73. The Morgan fingerprint density at radius 3 is 3.12 bits per heavy atom. The first-order chi connectivity index (χ1) is 8.02. The first-order valence-electron chi connectivity index (χ1n) is 4.70. The monoisotopic (exact) mass is 375 g/mol. The fraction of sp³-hybridized carbons (Fsp3) is 0.500. The van der Waals surface area contributed by atoms with Crippen molar-refractivity contribution in [1.29, 1.82) is 0 Å². The van der Waals surface area contributed by atoms with E-state index in [0.717, 1.165) is 6.20 Å². The number of nitrogen functional groups attached to an aromatic ring is 1. The van der Waals surface area contributed by atoms with Gasteiger partial charge in [-0.1, -0.05) is 0 Å². The molecule has 1 aromatic heterocycles. The summed E-state index contributed by atoms with van der Waals surface area (Å²) in [6.07, 6.45) is 1.05. The number of anilines is 1. The third-order valence-electron chi connectivity index (χ3n) is 1.99. The number of nitrogens with zero attached hydrogens (tertiary/aromatic N) is 2. The summed E-state index contributed by atoms with van der Waals surface area (Å²) in [5.41, 5.74) is 4.27. The second-order valence-corrected chi connectivity index (χ2v) is 10.4. The van der Waals surface area contributed by atoms with E-state index in [9.17, 15) is 9.18 Å². The zero-order chi connectivity index (χ0) is 12.6. The molecule has 0 radical (unpaired) electrons. The Labute approximate surface area is 109 Å². The molecule has 0 amide bonds. The van der Waals surface area contributed by atoms with Gasteiger partial charge >= 0.3 is 109 Å². The zero-order valence-electron chi connectivity index (χ0n) is 8.84. The van der Waals surface area contributed by atoms with Crippen molar-refractivity contribution in [3.8, 4) is 0 Å². The van der Waals surface area contributed by atoms with E-state index < -0.39 is 37.8 Å². The molecular weight excluding hydrogens is 364 g/mol. The van der Waals surface area contributed by atoms with Gasteiger partial charge in [0.15, 0.2) is 0 Å². The van der Waals surface area contributed by atoms with E-state index in [2.05, 4.69) is 4.98 Å². The number of thioether (sulfide) groups is 1. The molecule has 0 aliphatic carbocycles. The zero-order valence-corrected chi connectivity index (χ0v) is 11.8. The fourth-order valence-corrected chi connectivity index (χ4v) is 8.62. The summed E-state index contributed by atoms with van der Waals surface area (Å²) in [5, 5.41) is 9.00. The van der Waals surface area contributed by atoms with Gasteiger partial charge in [-0.3, -0.25) is 0 Å². The molecule has 2 rings (SSSR count). The topological polar surface area (TPSA) is 90.4 Å². The predicted octanol–water partition coefficient (Wildman–Crippen LogP) is 0.577. The molecule has 6 nitrogen and oxygen atoms in total. The SMILES string of the molecule is C[C@@H]1SC(CO)OI1n1cc(F)c(N)nc1=O. The van der Waals surface area contributed by atoms with Crippen LogP contribution in [-0.2, 0) is 3.07 Å². The summed E-state index contributed by atoms with van der Waals surface area (Å²) in [4.78, 5) is 15.0. The first kappa shape index (κ1) is 13.1. The Balaban J connectivity index is 2.35. The molecule has 0 saturated carbocycles. The average molecular weight is 375 g/mol. The van der Waals surface area contributed by atoms with E-state index in [4.69, 9.17) is 13.9 Å². The van der Waals surface area contributed by atoms with Gasteiger partial charge in [0.25, 0.3) is 0 Å². The number of hydrogen-bond acceptors (Lipinski definition) is 6. The van der Waals surface area contributed by atoms with Crippen LogP contribution in [0, 0.1) is 5.82 Å². The molecule has 1 aliphatic heterocycles. The van der Waals surface area contributed by atoms with Crippen molar-refractivity contribution in [2.45, 2.75) is 15.6 Å². The van der Waals surface area contributed by atoms with Crippen molar-refractivity contribution in [2.24, 2.45) is 0 Å². The molecule has 17 heavy (non-hydrogen) atoms. The predicted molar refractivity (Wildman–Crippen MR) is 71.3 cm³/mol. The summed E-state index contributed by atoms with van der Waals surface area (Å²) in [5.74, 6) is -1.13. The van der Waals surface area contributed by atoms with E-state index in [-0.39, 0.29) is 15.3 Å². The quantitative estimate of drug-likeness (QED) is 0.581.